The number of rotatable bonds is 7. The summed E-state index contributed by atoms with van der Waals surface area (Å²) < 4.78 is 18.7. The number of hydrogen-bond acceptors (Lipinski definition) is 4. The Morgan fingerprint density at radius 1 is 1.00 bits per heavy atom. The molecule has 1 aliphatic rings. The Kier molecular flexibility index (Phi) is 7.77. The van der Waals surface area contributed by atoms with Crippen LogP contribution in [0.2, 0.25) is 0 Å². The number of nitrogens with one attached hydrogen (secondary N) is 1. The van der Waals surface area contributed by atoms with Crippen LogP contribution < -0.4 is 15.8 Å². The summed E-state index contributed by atoms with van der Waals surface area (Å²) in [6.45, 7) is 0.354. The van der Waals surface area contributed by atoms with Crippen LogP contribution in [0.1, 0.15) is 52.0 Å². The molecule has 182 valence electrons. The first kappa shape index (κ1) is 24.4. The van der Waals surface area contributed by atoms with Gasteiger partial charge in [-0.25, -0.2) is 4.39 Å². The summed E-state index contributed by atoms with van der Waals surface area (Å²) in [7, 11) is 1.59. The number of ether oxygens (including phenoxy) is 1. The van der Waals surface area contributed by atoms with Gasteiger partial charge in [0.15, 0.2) is 0 Å². The Labute approximate surface area is 204 Å². The van der Waals surface area contributed by atoms with Crippen LogP contribution in [0.4, 0.5) is 10.1 Å². The monoisotopic (exact) mass is 475 g/mol. The fourth-order valence-corrected chi connectivity index (χ4v) is 4.54. The molecule has 3 aromatic carbocycles. The predicted octanol–water partition coefficient (Wildman–Crippen LogP) is 5.00. The van der Waals surface area contributed by atoms with Gasteiger partial charge in [0, 0.05) is 35.4 Å². The predicted molar refractivity (Wildman–Crippen MR) is 134 cm³/mol. The van der Waals surface area contributed by atoms with E-state index in [2.05, 4.69) is 5.32 Å². The first-order chi connectivity index (χ1) is 16.9. The normalized spacial score (nSPS) is 17.5. The Hall–Kier alpha value is -3.71. The van der Waals surface area contributed by atoms with Gasteiger partial charge in [0.2, 0.25) is 0 Å². The number of nitrogens with zero attached hydrogens (tertiary/aromatic N) is 1. The molecule has 0 bridgehead atoms. The summed E-state index contributed by atoms with van der Waals surface area (Å²) in [5.74, 6) is -0.279. The number of anilines is 1. The van der Waals surface area contributed by atoms with Gasteiger partial charge in [-0.05, 0) is 73.0 Å². The molecule has 0 radical (unpaired) electrons. The Morgan fingerprint density at radius 3 is 2.46 bits per heavy atom. The third-order valence-corrected chi connectivity index (χ3v) is 6.40. The van der Waals surface area contributed by atoms with Crippen molar-refractivity contribution >= 4 is 17.5 Å². The zero-order valence-electron chi connectivity index (χ0n) is 19.7. The molecule has 3 N–H and O–H groups in total. The van der Waals surface area contributed by atoms with Crippen molar-refractivity contribution in [3.8, 4) is 5.75 Å². The largest absolute Gasteiger partial charge is 0.497 e. The second kappa shape index (κ2) is 11.1. The molecule has 4 rings (SSSR count). The van der Waals surface area contributed by atoms with Gasteiger partial charge in [0.25, 0.3) is 11.8 Å². The molecule has 3 aromatic rings. The highest BCUT2D eigenvalue weighted by Gasteiger charge is 2.31. The van der Waals surface area contributed by atoms with E-state index in [9.17, 15) is 14.0 Å². The molecule has 0 heterocycles. The summed E-state index contributed by atoms with van der Waals surface area (Å²) in [5, 5.41) is 2.81. The molecule has 35 heavy (non-hydrogen) atoms. The molecule has 0 aliphatic heterocycles. The van der Waals surface area contributed by atoms with Crippen molar-refractivity contribution in [3.05, 3.63) is 95.3 Å². The molecule has 1 saturated carbocycles. The topological polar surface area (TPSA) is 84.7 Å². The lowest BCUT2D eigenvalue weighted by atomic mass is 9.89. The van der Waals surface area contributed by atoms with Crippen LogP contribution in [0.15, 0.2) is 72.8 Å². The summed E-state index contributed by atoms with van der Waals surface area (Å²) >= 11 is 0. The van der Waals surface area contributed by atoms with Crippen molar-refractivity contribution in [2.24, 2.45) is 5.73 Å². The Morgan fingerprint density at radius 2 is 1.74 bits per heavy atom. The van der Waals surface area contributed by atoms with E-state index in [-0.39, 0.29) is 23.6 Å². The average Bonchev–Trinajstić information content (AvgIpc) is 2.88. The first-order valence-electron chi connectivity index (χ1n) is 11.8. The van der Waals surface area contributed by atoms with Crippen molar-refractivity contribution in [1.82, 2.24) is 4.90 Å². The third kappa shape index (κ3) is 6.05. The highest BCUT2D eigenvalue weighted by molar-refractivity contribution is 6.04. The van der Waals surface area contributed by atoms with Crippen LogP contribution >= 0.6 is 0 Å². The highest BCUT2D eigenvalue weighted by atomic mass is 19.1. The maximum Gasteiger partial charge on any atom is 0.255 e. The molecule has 1 aliphatic carbocycles. The zero-order chi connectivity index (χ0) is 24.8. The molecule has 2 atom stereocenters. The van der Waals surface area contributed by atoms with Crippen molar-refractivity contribution in [2.75, 3.05) is 12.4 Å². The van der Waals surface area contributed by atoms with Crippen LogP contribution in [0.3, 0.4) is 0 Å². The average molecular weight is 476 g/mol. The summed E-state index contributed by atoms with van der Waals surface area (Å²) in [5.41, 5.74) is 8.70. The fourth-order valence-electron chi connectivity index (χ4n) is 4.54. The van der Waals surface area contributed by atoms with Gasteiger partial charge in [-0.15, -0.1) is 0 Å². The summed E-state index contributed by atoms with van der Waals surface area (Å²) in [4.78, 5) is 28.0. The lowest BCUT2D eigenvalue weighted by Gasteiger charge is -2.38. The molecule has 0 saturated heterocycles. The van der Waals surface area contributed by atoms with Crippen LogP contribution in [-0.4, -0.2) is 35.9 Å². The van der Waals surface area contributed by atoms with Crippen LogP contribution in [0.25, 0.3) is 0 Å². The molecule has 2 amide bonds. The summed E-state index contributed by atoms with van der Waals surface area (Å²) in [6, 6.07) is 19.8. The lowest BCUT2D eigenvalue weighted by molar-refractivity contribution is 0.0583. The number of methoxy groups -OCH3 is 1. The molecule has 2 unspecified atom stereocenters. The van der Waals surface area contributed by atoms with Crippen molar-refractivity contribution in [2.45, 2.75) is 44.3 Å². The van der Waals surface area contributed by atoms with Gasteiger partial charge < -0.3 is 20.7 Å². The minimum absolute atomic E-state index is 0.0797. The highest BCUT2D eigenvalue weighted by Crippen LogP contribution is 2.26. The fraction of sp³-hybridized carbons (Fsp3) is 0.286. The maximum atomic E-state index is 13.6. The van der Waals surface area contributed by atoms with Gasteiger partial charge in [-0.2, -0.15) is 0 Å². The minimum Gasteiger partial charge on any atom is -0.497 e. The van der Waals surface area contributed by atoms with E-state index < -0.39 is 11.7 Å². The van der Waals surface area contributed by atoms with E-state index in [4.69, 9.17) is 10.5 Å². The second-order valence-corrected chi connectivity index (χ2v) is 8.84. The number of carbonyl (C=O) groups excluding carboxylic acids is 2. The van der Waals surface area contributed by atoms with E-state index in [0.29, 0.717) is 23.5 Å². The summed E-state index contributed by atoms with van der Waals surface area (Å²) in [6.07, 6.45) is 3.80. The SMILES string of the molecule is COc1ccc(C(=O)N(Cc2cccc(NC(=O)c3cccc(F)c3)c2)C2CCCCC2N)cc1. The van der Waals surface area contributed by atoms with Gasteiger partial charge >= 0.3 is 0 Å². The Balaban J connectivity index is 1.56. The molecule has 1 fully saturated rings. The van der Waals surface area contributed by atoms with E-state index in [1.165, 1.54) is 18.2 Å². The maximum absolute atomic E-state index is 13.6. The first-order valence-corrected chi connectivity index (χ1v) is 11.8. The second-order valence-electron chi connectivity index (χ2n) is 8.84. The minimum atomic E-state index is -0.470. The molecule has 0 spiro atoms. The number of carbonyl (C=O) groups is 2. The number of halogens is 1. The smallest absolute Gasteiger partial charge is 0.255 e. The molecular weight excluding hydrogens is 445 g/mol. The van der Waals surface area contributed by atoms with E-state index >= 15 is 0 Å². The van der Waals surface area contributed by atoms with E-state index in [1.54, 1.807) is 43.5 Å². The van der Waals surface area contributed by atoms with E-state index in [1.807, 2.05) is 23.1 Å². The Bertz CT molecular complexity index is 1180. The number of hydrogen-bond donors (Lipinski definition) is 2. The van der Waals surface area contributed by atoms with Crippen molar-refractivity contribution in [3.63, 3.8) is 0 Å². The van der Waals surface area contributed by atoms with Gasteiger partial charge in [0.1, 0.15) is 11.6 Å². The third-order valence-electron chi connectivity index (χ3n) is 6.40. The zero-order valence-corrected chi connectivity index (χ0v) is 19.7. The number of nitrogens with two attached hydrogens (primary N) is 1. The van der Waals surface area contributed by atoms with Crippen molar-refractivity contribution < 1.29 is 18.7 Å². The molecule has 7 heteroatoms. The van der Waals surface area contributed by atoms with E-state index in [0.717, 1.165) is 31.2 Å². The van der Waals surface area contributed by atoms with Gasteiger partial charge in [-0.3, -0.25) is 9.59 Å². The molecular formula is C28H30FN3O3. The lowest BCUT2D eigenvalue weighted by Crippen LogP contribution is -2.51. The van der Waals surface area contributed by atoms with Crippen LogP contribution in [0.5, 0.6) is 5.75 Å². The number of benzene rings is 3. The standard InChI is InChI=1S/C28H30FN3O3/c1-35-24-14-12-20(13-15-24)28(34)32(26-11-3-2-10-25(26)30)18-19-6-4-9-23(16-19)31-27(33)21-7-5-8-22(29)17-21/h4-9,12-17,25-26H,2-3,10-11,18,30H2,1H3,(H,31,33). The molecule has 6 nitrogen and oxygen atoms in total. The van der Waals surface area contributed by atoms with Crippen molar-refractivity contribution in [1.29, 1.82) is 0 Å². The van der Waals surface area contributed by atoms with Crippen LogP contribution in [0, 0.1) is 5.82 Å². The number of amides is 2. The van der Waals surface area contributed by atoms with Gasteiger partial charge in [-0.1, -0.05) is 31.0 Å². The van der Waals surface area contributed by atoms with Gasteiger partial charge in [0.05, 0.1) is 7.11 Å². The van der Waals surface area contributed by atoms with Crippen LogP contribution in [-0.2, 0) is 6.54 Å². The molecule has 0 aromatic heterocycles. The quantitative estimate of drug-likeness (QED) is 0.504.